The van der Waals surface area contributed by atoms with Gasteiger partial charge in [0.15, 0.2) is 0 Å². The Kier molecular flexibility index (Phi) is 3.93. The number of carbonyl (C=O) groups is 1. The molecule has 0 spiro atoms. The van der Waals surface area contributed by atoms with E-state index in [0.29, 0.717) is 17.9 Å². The lowest BCUT2D eigenvalue weighted by atomic mass is 9.92. The van der Waals surface area contributed by atoms with Crippen LogP contribution in [0.25, 0.3) is 0 Å². The summed E-state index contributed by atoms with van der Waals surface area (Å²) >= 11 is 0. The summed E-state index contributed by atoms with van der Waals surface area (Å²) in [4.78, 5) is 15.1. The van der Waals surface area contributed by atoms with E-state index in [0.717, 1.165) is 37.8 Å². The monoisotopic (exact) mass is 301 g/mol. The molecule has 4 nitrogen and oxygen atoms in total. The number of hydrogen-bond acceptors (Lipinski definition) is 2. The topological polar surface area (TPSA) is 38.1 Å². The van der Waals surface area contributed by atoms with E-state index in [1.54, 1.807) is 0 Å². The third-order valence-electron chi connectivity index (χ3n) is 5.77. The lowest BCUT2D eigenvalue weighted by Crippen LogP contribution is -2.46. The largest absolute Gasteiger partial charge is 0.338 e. The highest BCUT2D eigenvalue weighted by atomic mass is 16.2. The van der Waals surface area contributed by atoms with Crippen molar-refractivity contribution in [2.75, 3.05) is 6.54 Å². The van der Waals surface area contributed by atoms with Gasteiger partial charge < -0.3 is 4.90 Å². The molecule has 0 radical (unpaired) electrons. The minimum Gasteiger partial charge on any atom is -0.338 e. The van der Waals surface area contributed by atoms with Gasteiger partial charge in [-0.05, 0) is 68.8 Å². The summed E-state index contributed by atoms with van der Waals surface area (Å²) in [7, 11) is 0. The molecule has 1 saturated heterocycles. The Balaban J connectivity index is 1.40. The fraction of sp³-hybridized carbons (Fsp3) is 0.778. The van der Waals surface area contributed by atoms with Crippen LogP contribution in [0.2, 0.25) is 0 Å². The van der Waals surface area contributed by atoms with E-state index < -0.39 is 0 Å². The Morgan fingerprint density at radius 3 is 2.55 bits per heavy atom. The molecule has 1 aromatic heterocycles. The van der Waals surface area contributed by atoms with Crippen LogP contribution in [0.5, 0.6) is 0 Å². The lowest BCUT2D eigenvalue weighted by molar-refractivity contribution is -0.136. The van der Waals surface area contributed by atoms with Crippen molar-refractivity contribution in [3.63, 3.8) is 0 Å². The summed E-state index contributed by atoms with van der Waals surface area (Å²) in [6.07, 6.45) is 13.6. The molecule has 0 N–H and O–H groups in total. The first-order chi connectivity index (χ1) is 10.8. The van der Waals surface area contributed by atoms with Gasteiger partial charge in [-0.2, -0.15) is 5.10 Å². The number of rotatable bonds is 6. The third-order valence-corrected chi connectivity index (χ3v) is 5.77. The van der Waals surface area contributed by atoms with Crippen molar-refractivity contribution in [1.29, 1.82) is 0 Å². The zero-order valence-corrected chi connectivity index (χ0v) is 13.4. The molecule has 3 aliphatic rings. The molecule has 120 valence electrons. The van der Waals surface area contributed by atoms with Crippen LogP contribution >= 0.6 is 0 Å². The normalized spacial score (nSPS) is 25.7. The van der Waals surface area contributed by atoms with Crippen LogP contribution in [-0.2, 0) is 11.3 Å². The smallest absolute Gasteiger partial charge is 0.223 e. The van der Waals surface area contributed by atoms with Crippen molar-refractivity contribution in [2.45, 2.75) is 64.0 Å². The second-order valence-corrected chi connectivity index (χ2v) is 7.51. The first-order valence-electron chi connectivity index (χ1n) is 9.08. The number of amides is 1. The molecule has 0 unspecified atom stereocenters. The molecule has 1 aromatic rings. The highest BCUT2D eigenvalue weighted by molar-refractivity contribution is 5.77. The average molecular weight is 301 g/mol. The van der Waals surface area contributed by atoms with Gasteiger partial charge in [0.05, 0.1) is 12.6 Å². The number of aromatic nitrogens is 2. The molecular weight excluding hydrogens is 274 g/mol. The second-order valence-electron chi connectivity index (χ2n) is 7.51. The van der Waals surface area contributed by atoms with Gasteiger partial charge in [-0.25, -0.2) is 0 Å². The predicted octanol–water partition coefficient (Wildman–Crippen LogP) is 3.09. The summed E-state index contributed by atoms with van der Waals surface area (Å²) in [5, 5.41) is 4.32. The molecule has 2 saturated carbocycles. The molecular formula is C18H27N3O. The van der Waals surface area contributed by atoms with Gasteiger partial charge in [0.2, 0.25) is 5.91 Å². The Morgan fingerprint density at radius 2 is 1.91 bits per heavy atom. The van der Waals surface area contributed by atoms with Gasteiger partial charge in [0, 0.05) is 25.4 Å². The van der Waals surface area contributed by atoms with Crippen molar-refractivity contribution in [2.24, 2.45) is 17.8 Å². The summed E-state index contributed by atoms with van der Waals surface area (Å²) < 4.78 is 1.98. The van der Waals surface area contributed by atoms with Crippen LogP contribution in [0.1, 0.15) is 51.4 Å². The van der Waals surface area contributed by atoms with Gasteiger partial charge in [0.1, 0.15) is 0 Å². The first kappa shape index (κ1) is 14.3. The zero-order valence-electron chi connectivity index (χ0n) is 13.4. The summed E-state index contributed by atoms with van der Waals surface area (Å²) in [5.74, 6) is 2.84. The minimum atomic E-state index is 0.347. The molecule has 2 aliphatic carbocycles. The van der Waals surface area contributed by atoms with Gasteiger partial charge >= 0.3 is 0 Å². The second kappa shape index (κ2) is 6.05. The molecule has 2 heterocycles. The molecule has 0 bridgehead atoms. The first-order valence-corrected chi connectivity index (χ1v) is 9.08. The SMILES string of the molecule is O=C(CC(C1CC1)C1CC1)N1CCCC[C@H]1Cn1cccn1. The fourth-order valence-electron chi connectivity index (χ4n) is 4.23. The van der Waals surface area contributed by atoms with E-state index in [4.69, 9.17) is 0 Å². The number of carbonyl (C=O) groups excluding carboxylic acids is 1. The van der Waals surface area contributed by atoms with E-state index >= 15 is 0 Å². The number of nitrogens with zero attached hydrogens (tertiary/aromatic N) is 3. The number of hydrogen-bond donors (Lipinski definition) is 0. The van der Waals surface area contributed by atoms with Crippen molar-refractivity contribution in [3.05, 3.63) is 18.5 Å². The standard InChI is InChI=1S/C18H27N3O/c22-18(12-17(14-5-6-14)15-7-8-15)21-11-2-1-4-16(21)13-20-10-3-9-19-20/h3,9-10,14-17H,1-2,4-8,11-13H2/t16-/m0/s1. The van der Waals surface area contributed by atoms with Crippen LogP contribution in [-0.4, -0.2) is 33.2 Å². The Bertz CT molecular complexity index is 492. The minimum absolute atomic E-state index is 0.347. The van der Waals surface area contributed by atoms with Crippen LogP contribution in [0, 0.1) is 17.8 Å². The van der Waals surface area contributed by atoms with Crippen molar-refractivity contribution >= 4 is 5.91 Å². The predicted molar refractivity (Wildman–Crippen MR) is 85.1 cm³/mol. The van der Waals surface area contributed by atoms with Crippen molar-refractivity contribution in [3.8, 4) is 0 Å². The maximum Gasteiger partial charge on any atom is 0.223 e. The number of likely N-dealkylation sites (tertiary alicyclic amines) is 1. The maximum absolute atomic E-state index is 12.9. The Hall–Kier alpha value is -1.32. The van der Waals surface area contributed by atoms with E-state index in [-0.39, 0.29) is 0 Å². The summed E-state index contributed by atoms with van der Waals surface area (Å²) in [6.45, 7) is 1.81. The summed E-state index contributed by atoms with van der Waals surface area (Å²) in [6, 6.07) is 2.31. The van der Waals surface area contributed by atoms with Gasteiger partial charge in [-0.3, -0.25) is 9.48 Å². The van der Waals surface area contributed by atoms with Crippen LogP contribution in [0.15, 0.2) is 18.5 Å². The maximum atomic E-state index is 12.9. The van der Waals surface area contributed by atoms with Crippen LogP contribution < -0.4 is 0 Å². The average Bonchev–Trinajstić information content (AvgIpc) is 3.46. The summed E-state index contributed by atoms with van der Waals surface area (Å²) in [5.41, 5.74) is 0. The third kappa shape index (κ3) is 3.21. The van der Waals surface area contributed by atoms with E-state index in [1.165, 1.54) is 38.5 Å². The molecule has 1 atom stereocenters. The van der Waals surface area contributed by atoms with Gasteiger partial charge in [-0.1, -0.05) is 0 Å². The molecule has 4 rings (SSSR count). The van der Waals surface area contributed by atoms with Crippen LogP contribution in [0.4, 0.5) is 0 Å². The molecule has 0 aromatic carbocycles. The highest BCUT2D eigenvalue weighted by Gasteiger charge is 2.43. The molecule has 3 fully saturated rings. The quantitative estimate of drug-likeness (QED) is 0.810. The van der Waals surface area contributed by atoms with Crippen LogP contribution in [0.3, 0.4) is 0 Å². The lowest BCUT2D eigenvalue weighted by Gasteiger charge is -2.36. The fourth-order valence-corrected chi connectivity index (χ4v) is 4.23. The van der Waals surface area contributed by atoms with Gasteiger partial charge in [0.25, 0.3) is 0 Å². The molecule has 22 heavy (non-hydrogen) atoms. The van der Waals surface area contributed by atoms with Crippen molar-refractivity contribution in [1.82, 2.24) is 14.7 Å². The zero-order chi connectivity index (χ0) is 14.9. The molecule has 4 heteroatoms. The van der Waals surface area contributed by atoms with Gasteiger partial charge in [-0.15, -0.1) is 0 Å². The van der Waals surface area contributed by atoms with E-state index in [2.05, 4.69) is 10.00 Å². The van der Waals surface area contributed by atoms with E-state index in [1.807, 2.05) is 23.1 Å². The van der Waals surface area contributed by atoms with Crippen molar-refractivity contribution < 1.29 is 4.79 Å². The Labute approximate surface area is 132 Å². The molecule has 1 amide bonds. The van der Waals surface area contributed by atoms with E-state index in [9.17, 15) is 4.79 Å². The molecule has 1 aliphatic heterocycles. The Morgan fingerprint density at radius 1 is 1.14 bits per heavy atom. The highest BCUT2D eigenvalue weighted by Crippen LogP contribution is 2.50. The number of piperidine rings is 1.